The van der Waals surface area contributed by atoms with Crippen LogP contribution in [0.3, 0.4) is 0 Å². The Kier molecular flexibility index (Phi) is 11.9. The van der Waals surface area contributed by atoms with Gasteiger partial charge in [0.25, 0.3) is 0 Å². The van der Waals surface area contributed by atoms with E-state index in [1.54, 1.807) is 0 Å². The predicted molar refractivity (Wildman–Crippen MR) is 87.9 cm³/mol. The predicted octanol–water partition coefficient (Wildman–Crippen LogP) is 4.13. The fourth-order valence-electron chi connectivity index (χ4n) is 1.02. The van der Waals surface area contributed by atoms with Crippen molar-refractivity contribution in [1.82, 2.24) is 0 Å². The Morgan fingerprint density at radius 3 is 1.00 bits per heavy atom. The molecule has 0 aliphatic rings. The number of rotatable bonds is 4. The van der Waals surface area contributed by atoms with E-state index in [-0.39, 0.29) is 7.43 Å². The first kappa shape index (κ1) is 23.1. The van der Waals surface area contributed by atoms with Crippen LogP contribution in [0.5, 0.6) is 0 Å². The van der Waals surface area contributed by atoms with E-state index in [4.69, 9.17) is 22.3 Å². The fourth-order valence-corrected chi connectivity index (χ4v) is 1.02. The lowest BCUT2D eigenvalue weighted by molar-refractivity contribution is 0.385. The van der Waals surface area contributed by atoms with Crippen LogP contribution in [0.2, 0.25) is 0 Å². The molecule has 0 saturated carbocycles. The summed E-state index contributed by atoms with van der Waals surface area (Å²) in [7, 11) is 0. The zero-order valence-corrected chi connectivity index (χ0v) is 13.0. The van der Waals surface area contributed by atoms with Gasteiger partial charge in [0.05, 0.1) is 11.7 Å². The van der Waals surface area contributed by atoms with Gasteiger partial charge in [-0.3, -0.25) is 10.8 Å². The summed E-state index contributed by atoms with van der Waals surface area (Å²) in [5.41, 5.74) is 11.0. The van der Waals surface area contributed by atoms with Gasteiger partial charge in [-0.2, -0.15) is 0 Å². The molecule has 0 saturated heterocycles. The molecular formula is C15H36N4. The largest absolute Gasteiger partial charge is 0.388 e. The minimum atomic E-state index is 0. The first-order valence-electron chi connectivity index (χ1n) is 6.49. The van der Waals surface area contributed by atoms with Gasteiger partial charge >= 0.3 is 0 Å². The van der Waals surface area contributed by atoms with Crippen LogP contribution in [-0.4, -0.2) is 11.7 Å². The molecule has 116 valence electrons. The molecule has 0 amide bonds. The van der Waals surface area contributed by atoms with Crippen molar-refractivity contribution >= 4 is 11.7 Å². The molecule has 6 N–H and O–H groups in total. The van der Waals surface area contributed by atoms with E-state index < -0.39 is 0 Å². The van der Waals surface area contributed by atoms with Gasteiger partial charge in [0.1, 0.15) is 0 Å². The number of hydrogen-bond donors (Lipinski definition) is 4. The monoisotopic (exact) mass is 272 g/mol. The zero-order valence-electron chi connectivity index (χ0n) is 13.0. The minimum Gasteiger partial charge on any atom is -0.388 e. The van der Waals surface area contributed by atoms with Crippen LogP contribution in [0.4, 0.5) is 0 Å². The third-order valence-corrected chi connectivity index (χ3v) is 2.29. The lowest BCUT2D eigenvalue weighted by Gasteiger charge is -2.16. The Balaban J connectivity index is -0.000000256. The third-order valence-electron chi connectivity index (χ3n) is 2.29. The van der Waals surface area contributed by atoms with E-state index in [0.717, 1.165) is 25.7 Å². The molecule has 0 fully saturated rings. The standard InChI is InChI=1S/2C7H16N2.CH4/c2*1-7(2,3)5-4-6(8)9;/h2*4-5H2,1-3H3,(H3,8,9);1H4. The minimum absolute atomic E-state index is 0. The summed E-state index contributed by atoms with van der Waals surface area (Å²) in [5, 5.41) is 13.9. The molecule has 4 nitrogen and oxygen atoms in total. The maximum absolute atomic E-state index is 6.95. The highest BCUT2D eigenvalue weighted by Crippen LogP contribution is 2.20. The van der Waals surface area contributed by atoms with Gasteiger partial charge in [-0.1, -0.05) is 49.0 Å². The molecule has 0 aromatic carbocycles. The van der Waals surface area contributed by atoms with Gasteiger partial charge in [-0.25, -0.2) is 0 Å². The number of amidine groups is 2. The molecule has 0 radical (unpaired) electrons. The van der Waals surface area contributed by atoms with E-state index in [1.165, 1.54) is 0 Å². The van der Waals surface area contributed by atoms with Crippen LogP contribution in [0, 0.1) is 21.6 Å². The van der Waals surface area contributed by atoms with Gasteiger partial charge in [0.15, 0.2) is 0 Å². The molecule has 0 rings (SSSR count). The Morgan fingerprint density at radius 2 is 0.947 bits per heavy atom. The number of nitrogens with two attached hydrogens (primary N) is 2. The summed E-state index contributed by atoms with van der Waals surface area (Å²) < 4.78 is 0. The van der Waals surface area contributed by atoms with Gasteiger partial charge in [0, 0.05) is 12.8 Å². The number of hydrogen-bond acceptors (Lipinski definition) is 2. The molecule has 0 spiro atoms. The van der Waals surface area contributed by atoms with Gasteiger partial charge in [0.2, 0.25) is 0 Å². The normalized spacial score (nSPS) is 10.8. The van der Waals surface area contributed by atoms with Gasteiger partial charge < -0.3 is 11.5 Å². The molecule has 0 bridgehead atoms. The van der Waals surface area contributed by atoms with Crippen molar-refractivity contribution in [2.45, 2.75) is 74.7 Å². The maximum Gasteiger partial charge on any atom is 0.0905 e. The highest BCUT2D eigenvalue weighted by Gasteiger charge is 2.09. The first-order valence-corrected chi connectivity index (χ1v) is 6.49. The van der Waals surface area contributed by atoms with Crippen molar-refractivity contribution < 1.29 is 0 Å². The summed E-state index contributed by atoms with van der Waals surface area (Å²) in [6.45, 7) is 12.9. The lowest BCUT2D eigenvalue weighted by Crippen LogP contribution is -2.14. The second-order valence-corrected chi connectivity index (χ2v) is 7.17. The molecule has 0 unspecified atom stereocenters. The van der Waals surface area contributed by atoms with Crippen LogP contribution >= 0.6 is 0 Å². The summed E-state index contributed by atoms with van der Waals surface area (Å²) in [4.78, 5) is 0. The highest BCUT2D eigenvalue weighted by molar-refractivity contribution is 5.77. The maximum atomic E-state index is 6.95. The molecule has 0 aliphatic heterocycles. The smallest absolute Gasteiger partial charge is 0.0905 e. The van der Waals surface area contributed by atoms with Crippen molar-refractivity contribution in [2.24, 2.45) is 22.3 Å². The molecule has 4 heteroatoms. The molecule has 19 heavy (non-hydrogen) atoms. The summed E-state index contributed by atoms with van der Waals surface area (Å²) in [6, 6.07) is 0. The second-order valence-electron chi connectivity index (χ2n) is 7.17. The topological polar surface area (TPSA) is 99.7 Å². The molecule has 0 aromatic rings. The Labute approximate surface area is 120 Å². The van der Waals surface area contributed by atoms with E-state index >= 15 is 0 Å². The van der Waals surface area contributed by atoms with Gasteiger partial charge in [-0.05, 0) is 23.7 Å². The molecule has 0 atom stereocenters. The number of nitrogens with one attached hydrogen (secondary N) is 2. The Hall–Kier alpha value is -1.06. The Bertz CT molecular complexity index is 228. The second kappa shape index (κ2) is 9.82. The average molecular weight is 272 g/mol. The summed E-state index contributed by atoms with van der Waals surface area (Å²) >= 11 is 0. The average Bonchev–Trinajstić information content (AvgIpc) is 2.10. The van der Waals surface area contributed by atoms with Crippen molar-refractivity contribution in [3.63, 3.8) is 0 Å². The molecular weight excluding hydrogens is 236 g/mol. The van der Waals surface area contributed by atoms with Crippen LogP contribution < -0.4 is 11.5 Å². The van der Waals surface area contributed by atoms with E-state index in [9.17, 15) is 0 Å². The summed E-state index contributed by atoms with van der Waals surface area (Å²) in [6.07, 6.45) is 3.46. The van der Waals surface area contributed by atoms with Crippen LogP contribution in [0.1, 0.15) is 74.7 Å². The zero-order chi connectivity index (χ0) is 15.0. The molecule has 0 aromatic heterocycles. The quantitative estimate of drug-likeness (QED) is 0.457. The third kappa shape index (κ3) is 31.6. The Morgan fingerprint density at radius 1 is 0.737 bits per heavy atom. The van der Waals surface area contributed by atoms with Crippen molar-refractivity contribution in [2.75, 3.05) is 0 Å². The van der Waals surface area contributed by atoms with Crippen LogP contribution in [0.25, 0.3) is 0 Å². The fraction of sp³-hybridized carbons (Fsp3) is 0.867. The SMILES string of the molecule is C.CC(C)(C)CCC(=N)N.CC(C)(C)CCC(=N)N. The summed E-state index contributed by atoms with van der Waals surface area (Å²) in [5.74, 6) is 0.592. The van der Waals surface area contributed by atoms with E-state index in [1.807, 2.05) is 0 Å². The van der Waals surface area contributed by atoms with E-state index in [2.05, 4.69) is 41.5 Å². The molecule has 0 heterocycles. The van der Waals surface area contributed by atoms with Crippen LogP contribution in [-0.2, 0) is 0 Å². The van der Waals surface area contributed by atoms with Crippen molar-refractivity contribution in [3.05, 3.63) is 0 Å². The molecule has 0 aliphatic carbocycles. The van der Waals surface area contributed by atoms with E-state index in [0.29, 0.717) is 22.5 Å². The van der Waals surface area contributed by atoms with Crippen molar-refractivity contribution in [1.29, 1.82) is 10.8 Å². The highest BCUT2D eigenvalue weighted by atomic mass is 14.7. The lowest BCUT2D eigenvalue weighted by atomic mass is 9.90. The first-order chi connectivity index (χ1) is 7.83. The van der Waals surface area contributed by atoms with Crippen LogP contribution in [0.15, 0.2) is 0 Å². The van der Waals surface area contributed by atoms with Gasteiger partial charge in [-0.15, -0.1) is 0 Å². The van der Waals surface area contributed by atoms with Crippen molar-refractivity contribution in [3.8, 4) is 0 Å².